The molecule has 1 fully saturated rings. The Morgan fingerprint density at radius 2 is 1.70 bits per heavy atom. The number of hydrogen-bond acceptors (Lipinski definition) is 6. The Kier molecular flexibility index (Phi) is 6.27. The summed E-state index contributed by atoms with van der Waals surface area (Å²) < 4.78 is 50.8. The Bertz CT molecular complexity index is 1070. The SMILES string of the molecule is Cc1oc(C)c(C(=O)OCC(=O)N2CCN(S(=O)(=O)c3ccccc3F)CC2)c1C. The molecule has 10 heteroatoms. The third kappa shape index (κ3) is 4.24. The number of halogens is 1. The van der Waals surface area contributed by atoms with Crippen molar-refractivity contribution in [2.45, 2.75) is 25.7 Å². The molecule has 1 amide bonds. The topological polar surface area (TPSA) is 97.1 Å². The summed E-state index contributed by atoms with van der Waals surface area (Å²) in [5.74, 6) is -0.854. The van der Waals surface area contributed by atoms with E-state index in [-0.39, 0.29) is 31.1 Å². The molecule has 0 N–H and O–H groups in total. The monoisotopic (exact) mass is 438 g/mol. The molecule has 1 aliphatic rings. The van der Waals surface area contributed by atoms with Gasteiger partial charge in [-0.25, -0.2) is 17.6 Å². The molecule has 0 aliphatic carbocycles. The van der Waals surface area contributed by atoms with Gasteiger partial charge in [-0.05, 0) is 32.9 Å². The van der Waals surface area contributed by atoms with Gasteiger partial charge in [0.2, 0.25) is 10.0 Å². The first-order valence-electron chi connectivity index (χ1n) is 9.39. The average Bonchev–Trinajstić information content (AvgIpc) is 2.97. The van der Waals surface area contributed by atoms with E-state index in [1.54, 1.807) is 20.8 Å². The molecule has 0 bridgehead atoms. The maximum absolute atomic E-state index is 13.9. The zero-order valence-electron chi connectivity index (χ0n) is 17.0. The highest BCUT2D eigenvalue weighted by Crippen LogP contribution is 2.22. The number of hydrogen-bond donors (Lipinski definition) is 0. The molecule has 30 heavy (non-hydrogen) atoms. The predicted molar refractivity (Wildman–Crippen MR) is 105 cm³/mol. The van der Waals surface area contributed by atoms with E-state index in [1.165, 1.54) is 23.1 Å². The van der Waals surface area contributed by atoms with Crippen molar-refractivity contribution in [2.75, 3.05) is 32.8 Å². The number of furan rings is 1. The number of rotatable bonds is 5. The number of carbonyl (C=O) groups is 2. The standard InChI is InChI=1S/C20H23FN2O6S/c1-13-14(2)29-15(3)19(13)20(25)28-12-18(24)22-8-10-23(11-9-22)30(26,27)17-7-5-4-6-16(17)21/h4-7H,8-12H2,1-3H3. The van der Waals surface area contributed by atoms with Gasteiger partial charge in [0.15, 0.2) is 6.61 Å². The van der Waals surface area contributed by atoms with Gasteiger partial charge in [0.1, 0.15) is 27.8 Å². The fourth-order valence-corrected chi connectivity index (χ4v) is 4.84. The fraction of sp³-hybridized carbons (Fsp3) is 0.400. The van der Waals surface area contributed by atoms with Crippen LogP contribution in [0.2, 0.25) is 0 Å². The third-order valence-electron chi connectivity index (χ3n) is 5.14. The summed E-state index contributed by atoms with van der Waals surface area (Å²) in [6.07, 6.45) is 0. The van der Waals surface area contributed by atoms with E-state index in [0.717, 1.165) is 10.4 Å². The summed E-state index contributed by atoms with van der Waals surface area (Å²) in [5, 5.41) is 0. The average molecular weight is 438 g/mol. The molecule has 0 atom stereocenters. The molecule has 2 heterocycles. The minimum atomic E-state index is -3.99. The summed E-state index contributed by atoms with van der Waals surface area (Å²) in [4.78, 5) is 25.7. The van der Waals surface area contributed by atoms with Crippen molar-refractivity contribution in [1.29, 1.82) is 0 Å². The predicted octanol–water partition coefficient (Wildman–Crippen LogP) is 2.03. The number of aryl methyl sites for hydroxylation is 2. The van der Waals surface area contributed by atoms with E-state index in [4.69, 9.17) is 9.15 Å². The van der Waals surface area contributed by atoms with E-state index in [9.17, 15) is 22.4 Å². The molecule has 1 aromatic carbocycles. The Morgan fingerprint density at radius 1 is 1.07 bits per heavy atom. The number of benzene rings is 1. The molecule has 0 radical (unpaired) electrons. The second kappa shape index (κ2) is 8.57. The van der Waals surface area contributed by atoms with Gasteiger partial charge in [-0.3, -0.25) is 4.79 Å². The Labute approximate surface area is 174 Å². The number of esters is 1. The van der Waals surface area contributed by atoms with E-state index in [2.05, 4.69) is 0 Å². The van der Waals surface area contributed by atoms with E-state index >= 15 is 0 Å². The van der Waals surface area contributed by atoms with Crippen LogP contribution >= 0.6 is 0 Å². The molecular weight excluding hydrogens is 415 g/mol. The number of carbonyl (C=O) groups excluding carboxylic acids is 2. The summed E-state index contributed by atoms with van der Waals surface area (Å²) in [6, 6.07) is 5.17. The largest absolute Gasteiger partial charge is 0.465 e. The Balaban J connectivity index is 1.57. The number of amides is 1. The second-order valence-electron chi connectivity index (χ2n) is 7.01. The Morgan fingerprint density at radius 3 is 2.27 bits per heavy atom. The summed E-state index contributed by atoms with van der Waals surface area (Å²) in [7, 11) is -3.99. The lowest BCUT2D eigenvalue weighted by Gasteiger charge is -2.33. The maximum Gasteiger partial charge on any atom is 0.342 e. The van der Waals surface area contributed by atoms with Crippen molar-refractivity contribution < 1.29 is 31.6 Å². The van der Waals surface area contributed by atoms with Crippen LogP contribution in [0.5, 0.6) is 0 Å². The van der Waals surface area contributed by atoms with Crippen LogP contribution in [-0.4, -0.2) is 62.3 Å². The lowest BCUT2D eigenvalue weighted by Crippen LogP contribution is -2.51. The molecule has 1 aromatic heterocycles. The normalized spacial score (nSPS) is 15.3. The highest BCUT2D eigenvalue weighted by atomic mass is 32.2. The number of piperazine rings is 1. The van der Waals surface area contributed by atoms with Gasteiger partial charge in [0.05, 0.1) is 0 Å². The van der Waals surface area contributed by atoms with Crippen LogP contribution in [0.4, 0.5) is 4.39 Å². The smallest absolute Gasteiger partial charge is 0.342 e. The van der Waals surface area contributed by atoms with Gasteiger partial charge in [-0.1, -0.05) is 12.1 Å². The highest BCUT2D eigenvalue weighted by Gasteiger charge is 2.32. The molecule has 0 saturated carbocycles. The minimum Gasteiger partial charge on any atom is -0.465 e. The van der Waals surface area contributed by atoms with Crippen LogP contribution in [0.25, 0.3) is 0 Å². The van der Waals surface area contributed by atoms with Crippen LogP contribution in [0.15, 0.2) is 33.6 Å². The van der Waals surface area contributed by atoms with Crippen molar-refractivity contribution in [3.05, 3.63) is 52.7 Å². The molecule has 1 saturated heterocycles. The van der Waals surface area contributed by atoms with E-state index < -0.39 is 34.3 Å². The van der Waals surface area contributed by atoms with Gasteiger partial charge < -0.3 is 14.1 Å². The molecule has 0 unspecified atom stereocenters. The van der Waals surface area contributed by atoms with Crippen molar-refractivity contribution >= 4 is 21.9 Å². The van der Waals surface area contributed by atoms with Crippen molar-refractivity contribution in [3.8, 4) is 0 Å². The van der Waals surface area contributed by atoms with Crippen LogP contribution in [-0.2, 0) is 19.6 Å². The van der Waals surface area contributed by atoms with Crippen LogP contribution in [0, 0.1) is 26.6 Å². The maximum atomic E-state index is 13.9. The van der Waals surface area contributed by atoms with Crippen molar-refractivity contribution in [3.63, 3.8) is 0 Å². The number of sulfonamides is 1. The molecule has 3 rings (SSSR count). The summed E-state index contributed by atoms with van der Waals surface area (Å²) in [5.41, 5.74) is 0.970. The molecule has 0 spiro atoms. The number of nitrogens with zero attached hydrogens (tertiary/aromatic N) is 2. The minimum absolute atomic E-state index is 0.0233. The van der Waals surface area contributed by atoms with Crippen molar-refractivity contribution in [1.82, 2.24) is 9.21 Å². The van der Waals surface area contributed by atoms with Gasteiger partial charge in [0, 0.05) is 31.7 Å². The van der Waals surface area contributed by atoms with Crippen LogP contribution in [0.3, 0.4) is 0 Å². The quantitative estimate of drug-likeness (QED) is 0.663. The van der Waals surface area contributed by atoms with Gasteiger partial charge >= 0.3 is 5.97 Å². The van der Waals surface area contributed by atoms with Gasteiger partial charge in [0.25, 0.3) is 5.91 Å². The van der Waals surface area contributed by atoms with Gasteiger partial charge in [-0.2, -0.15) is 4.31 Å². The third-order valence-corrected chi connectivity index (χ3v) is 7.07. The first kappa shape index (κ1) is 22.0. The molecule has 1 aliphatic heterocycles. The van der Waals surface area contributed by atoms with Crippen LogP contribution in [0.1, 0.15) is 27.4 Å². The van der Waals surface area contributed by atoms with E-state index in [1.807, 2.05) is 0 Å². The summed E-state index contributed by atoms with van der Waals surface area (Å²) >= 11 is 0. The molecule has 2 aromatic rings. The van der Waals surface area contributed by atoms with Gasteiger partial charge in [-0.15, -0.1) is 0 Å². The number of ether oxygens (including phenoxy) is 1. The summed E-state index contributed by atoms with van der Waals surface area (Å²) in [6.45, 7) is 4.94. The second-order valence-corrected chi connectivity index (χ2v) is 8.91. The van der Waals surface area contributed by atoms with Crippen molar-refractivity contribution in [2.24, 2.45) is 0 Å². The molecule has 162 valence electrons. The molecule has 8 nitrogen and oxygen atoms in total. The zero-order chi connectivity index (χ0) is 22.1. The first-order valence-corrected chi connectivity index (χ1v) is 10.8. The zero-order valence-corrected chi connectivity index (χ0v) is 17.8. The fourth-order valence-electron chi connectivity index (χ4n) is 3.36. The van der Waals surface area contributed by atoms with Crippen LogP contribution < -0.4 is 0 Å². The molecular formula is C20H23FN2O6S. The highest BCUT2D eigenvalue weighted by molar-refractivity contribution is 7.89. The lowest BCUT2D eigenvalue weighted by molar-refractivity contribution is -0.135. The Hall–Kier alpha value is -2.72. The first-order chi connectivity index (χ1) is 14.1. The van der Waals surface area contributed by atoms with E-state index in [0.29, 0.717) is 22.6 Å². The lowest BCUT2D eigenvalue weighted by atomic mass is 10.1.